The molecule has 2 rings (SSSR count). The summed E-state index contributed by atoms with van der Waals surface area (Å²) in [6.07, 6.45) is -0.322. The van der Waals surface area contributed by atoms with Gasteiger partial charge in [0.15, 0.2) is 0 Å². The van der Waals surface area contributed by atoms with Gasteiger partial charge in [0, 0.05) is 18.2 Å². The van der Waals surface area contributed by atoms with Crippen LogP contribution in [0.4, 0.5) is 0 Å². The zero-order valence-electron chi connectivity index (χ0n) is 12.1. The van der Waals surface area contributed by atoms with Gasteiger partial charge in [-0.2, -0.15) is 5.10 Å². The number of nitrogens with zero attached hydrogens (tertiary/aromatic N) is 2. The molecular formula is C15H16N2O4. The largest absolute Gasteiger partial charge is 0.496 e. The van der Waals surface area contributed by atoms with Crippen LogP contribution in [-0.2, 0) is 18.3 Å². The first kappa shape index (κ1) is 14.8. The Labute approximate surface area is 121 Å². The van der Waals surface area contributed by atoms with Gasteiger partial charge in [-0.3, -0.25) is 9.59 Å². The summed E-state index contributed by atoms with van der Waals surface area (Å²) < 4.78 is 6.36. The SMILES string of the molecule is COc1ccc(-c2cc(CC(=O)O)c(=O)n(C)n2)cc1C. The molecule has 0 aliphatic rings. The van der Waals surface area contributed by atoms with Gasteiger partial charge in [-0.05, 0) is 36.8 Å². The van der Waals surface area contributed by atoms with Crippen LogP contribution in [0.25, 0.3) is 11.3 Å². The lowest BCUT2D eigenvalue weighted by Crippen LogP contribution is -2.25. The van der Waals surface area contributed by atoms with Crippen molar-refractivity contribution in [3.63, 3.8) is 0 Å². The predicted octanol–water partition coefficient (Wildman–Crippen LogP) is 1.39. The van der Waals surface area contributed by atoms with Crippen LogP contribution >= 0.6 is 0 Å². The number of carbonyl (C=O) groups is 1. The quantitative estimate of drug-likeness (QED) is 0.919. The van der Waals surface area contributed by atoms with Crippen molar-refractivity contribution in [1.29, 1.82) is 0 Å². The summed E-state index contributed by atoms with van der Waals surface area (Å²) in [5, 5.41) is 13.0. The van der Waals surface area contributed by atoms with Gasteiger partial charge >= 0.3 is 5.97 Å². The van der Waals surface area contributed by atoms with Crippen molar-refractivity contribution in [2.75, 3.05) is 7.11 Å². The zero-order chi connectivity index (χ0) is 15.6. The molecule has 0 saturated carbocycles. The van der Waals surface area contributed by atoms with E-state index < -0.39 is 11.5 Å². The fourth-order valence-corrected chi connectivity index (χ4v) is 2.14. The van der Waals surface area contributed by atoms with Gasteiger partial charge in [0.25, 0.3) is 5.56 Å². The lowest BCUT2D eigenvalue weighted by molar-refractivity contribution is -0.136. The summed E-state index contributed by atoms with van der Waals surface area (Å²) in [6.45, 7) is 1.91. The van der Waals surface area contributed by atoms with Crippen molar-refractivity contribution in [3.8, 4) is 17.0 Å². The molecule has 21 heavy (non-hydrogen) atoms. The summed E-state index contributed by atoms with van der Waals surface area (Å²) in [4.78, 5) is 22.7. The number of aromatic nitrogens is 2. The Morgan fingerprint density at radius 2 is 2.10 bits per heavy atom. The molecule has 1 aromatic carbocycles. The number of methoxy groups -OCH3 is 1. The van der Waals surface area contributed by atoms with Crippen LogP contribution in [0.1, 0.15) is 11.1 Å². The molecule has 0 amide bonds. The molecule has 0 fully saturated rings. The van der Waals surface area contributed by atoms with Crippen LogP contribution in [0.3, 0.4) is 0 Å². The molecule has 0 spiro atoms. The summed E-state index contributed by atoms with van der Waals surface area (Å²) in [5.74, 6) is -0.288. The Balaban J connectivity index is 2.54. The second kappa shape index (κ2) is 5.78. The highest BCUT2D eigenvalue weighted by molar-refractivity contribution is 5.71. The van der Waals surface area contributed by atoms with Crippen molar-refractivity contribution < 1.29 is 14.6 Å². The number of benzene rings is 1. The molecule has 0 unspecified atom stereocenters. The molecule has 1 heterocycles. The molecule has 0 saturated heterocycles. The Morgan fingerprint density at radius 1 is 1.38 bits per heavy atom. The van der Waals surface area contributed by atoms with E-state index in [9.17, 15) is 9.59 Å². The molecule has 0 bridgehead atoms. The van der Waals surface area contributed by atoms with Gasteiger partial charge in [-0.15, -0.1) is 0 Å². The normalized spacial score (nSPS) is 10.4. The van der Waals surface area contributed by atoms with E-state index in [4.69, 9.17) is 9.84 Å². The lowest BCUT2D eigenvalue weighted by Gasteiger charge is -2.09. The fraction of sp³-hybridized carbons (Fsp3) is 0.267. The number of ether oxygens (including phenoxy) is 1. The molecule has 0 aliphatic carbocycles. The van der Waals surface area contributed by atoms with Crippen LogP contribution in [0.15, 0.2) is 29.1 Å². The summed E-state index contributed by atoms with van der Waals surface area (Å²) in [7, 11) is 3.10. The Morgan fingerprint density at radius 3 is 2.67 bits per heavy atom. The van der Waals surface area contributed by atoms with Gasteiger partial charge in [0.1, 0.15) is 5.75 Å². The van der Waals surface area contributed by atoms with Crippen LogP contribution in [0.2, 0.25) is 0 Å². The highest BCUT2D eigenvalue weighted by atomic mass is 16.5. The smallest absolute Gasteiger partial charge is 0.308 e. The maximum atomic E-state index is 11.9. The number of aliphatic carboxylic acids is 1. The van der Waals surface area contributed by atoms with E-state index in [2.05, 4.69) is 5.10 Å². The maximum Gasteiger partial charge on any atom is 0.308 e. The Hall–Kier alpha value is -2.63. The van der Waals surface area contributed by atoms with Gasteiger partial charge < -0.3 is 9.84 Å². The maximum absolute atomic E-state index is 11.9. The van der Waals surface area contributed by atoms with Gasteiger partial charge in [-0.25, -0.2) is 4.68 Å². The summed E-state index contributed by atoms with van der Waals surface area (Å²) >= 11 is 0. The number of hydrogen-bond acceptors (Lipinski definition) is 4. The zero-order valence-corrected chi connectivity index (χ0v) is 12.1. The minimum absolute atomic E-state index is 0.212. The van der Waals surface area contributed by atoms with Gasteiger partial charge in [0.2, 0.25) is 0 Å². The molecule has 0 aliphatic heterocycles. The van der Waals surface area contributed by atoms with Gasteiger partial charge in [0.05, 0.1) is 19.2 Å². The second-order valence-corrected chi connectivity index (χ2v) is 4.74. The van der Waals surface area contributed by atoms with E-state index in [0.717, 1.165) is 21.6 Å². The third-order valence-electron chi connectivity index (χ3n) is 3.17. The number of carboxylic acid groups (broad SMARTS) is 1. The van der Waals surface area contributed by atoms with E-state index in [-0.39, 0.29) is 12.0 Å². The highest BCUT2D eigenvalue weighted by Crippen LogP contribution is 2.24. The molecule has 6 heteroatoms. The molecule has 1 N–H and O–H groups in total. The topological polar surface area (TPSA) is 81.4 Å². The first-order valence-corrected chi connectivity index (χ1v) is 6.36. The molecule has 1 aromatic heterocycles. The molecule has 110 valence electrons. The number of carboxylic acids is 1. The number of rotatable bonds is 4. The number of aryl methyl sites for hydroxylation is 2. The minimum Gasteiger partial charge on any atom is -0.496 e. The van der Waals surface area contributed by atoms with Crippen molar-refractivity contribution in [2.45, 2.75) is 13.3 Å². The van der Waals surface area contributed by atoms with E-state index in [1.165, 1.54) is 13.1 Å². The number of hydrogen-bond donors (Lipinski definition) is 1. The second-order valence-electron chi connectivity index (χ2n) is 4.74. The average molecular weight is 288 g/mol. The van der Waals surface area contributed by atoms with E-state index in [0.29, 0.717) is 5.69 Å². The Bertz CT molecular complexity index is 750. The van der Waals surface area contributed by atoms with Crippen LogP contribution in [0, 0.1) is 6.92 Å². The average Bonchev–Trinajstić information content (AvgIpc) is 2.43. The van der Waals surface area contributed by atoms with Crippen LogP contribution in [0.5, 0.6) is 5.75 Å². The summed E-state index contributed by atoms with van der Waals surface area (Å²) in [5.41, 5.74) is 2.11. The monoisotopic (exact) mass is 288 g/mol. The Kier molecular flexibility index (Phi) is 4.07. The third kappa shape index (κ3) is 3.10. The van der Waals surface area contributed by atoms with Crippen molar-refractivity contribution in [2.24, 2.45) is 7.05 Å². The van der Waals surface area contributed by atoms with E-state index >= 15 is 0 Å². The predicted molar refractivity (Wildman–Crippen MR) is 77.5 cm³/mol. The summed E-state index contributed by atoms with van der Waals surface area (Å²) in [6, 6.07) is 7.05. The standard InChI is InChI=1S/C15H16N2O4/c1-9-6-10(4-5-13(9)21-3)12-7-11(8-14(18)19)15(20)17(2)16-12/h4-7H,8H2,1-3H3,(H,18,19). The third-order valence-corrected chi connectivity index (χ3v) is 3.17. The van der Waals surface area contributed by atoms with Crippen LogP contribution < -0.4 is 10.3 Å². The van der Waals surface area contributed by atoms with Gasteiger partial charge in [-0.1, -0.05) is 0 Å². The van der Waals surface area contributed by atoms with Crippen molar-refractivity contribution in [3.05, 3.63) is 45.7 Å². The minimum atomic E-state index is -1.05. The van der Waals surface area contributed by atoms with Crippen molar-refractivity contribution >= 4 is 5.97 Å². The first-order valence-electron chi connectivity index (χ1n) is 6.36. The van der Waals surface area contributed by atoms with E-state index in [1.807, 2.05) is 25.1 Å². The fourth-order valence-electron chi connectivity index (χ4n) is 2.14. The van der Waals surface area contributed by atoms with Crippen LogP contribution in [-0.4, -0.2) is 28.0 Å². The first-order chi connectivity index (χ1) is 9.92. The lowest BCUT2D eigenvalue weighted by atomic mass is 10.1. The van der Waals surface area contributed by atoms with Crippen molar-refractivity contribution in [1.82, 2.24) is 9.78 Å². The molecular weight excluding hydrogens is 272 g/mol. The molecule has 2 aromatic rings. The molecule has 0 radical (unpaired) electrons. The van der Waals surface area contributed by atoms with E-state index in [1.54, 1.807) is 7.11 Å². The molecule has 6 nitrogen and oxygen atoms in total. The highest BCUT2D eigenvalue weighted by Gasteiger charge is 2.12. The molecule has 0 atom stereocenters.